The minimum absolute atomic E-state index is 1.02. The molecule has 1 aliphatic heterocycles. The van der Waals surface area contributed by atoms with Crippen molar-refractivity contribution in [3.8, 4) is 11.3 Å². The lowest BCUT2D eigenvalue weighted by Gasteiger charge is -2.25. The van der Waals surface area contributed by atoms with Crippen LogP contribution < -0.4 is 0 Å². The van der Waals surface area contributed by atoms with Gasteiger partial charge in [0.2, 0.25) is 0 Å². The van der Waals surface area contributed by atoms with E-state index in [1.54, 1.807) is 0 Å². The highest BCUT2D eigenvalue weighted by Crippen LogP contribution is 2.32. The van der Waals surface area contributed by atoms with Gasteiger partial charge in [-0.25, -0.2) is 4.98 Å². The van der Waals surface area contributed by atoms with Gasteiger partial charge < -0.3 is 0 Å². The van der Waals surface area contributed by atoms with Gasteiger partial charge in [-0.3, -0.25) is 4.90 Å². The fourth-order valence-corrected chi connectivity index (χ4v) is 4.23. The Hall–Kier alpha value is -1.19. The Morgan fingerprint density at radius 1 is 1.00 bits per heavy atom. The SMILES string of the molecule is Cc1cc(C)c(C)c(-c2csc(CN3CCCCC3)n2)c1C. The predicted molar refractivity (Wildman–Crippen MR) is 95.6 cm³/mol. The number of likely N-dealkylation sites (tertiary alicyclic amines) is 1. The van der Waals surface area contributed by atoms with Gasteiger partial charge in [0.1, 0.15) is 5.01 Å². The molecule has 1 aromatic heterocycles. The van der Waals surface area contributed by atoms with E-state index in [0.29, 0.717) is 0 Å². The number of aryl methyl sites for hydroxylation is 2. The molecular weight excluding hydrogens is 288 g/mol. The van der Waals surface area contributed by atoms with Crippen molar-refractivity contribution in [3.63, 3.8) is 0 Å². The lowest BCUT2D eigenvalue weighted by molar-refractivity contribution is 0.220. The number of hydrogen-bond donors (Lipinski definition) is 0. The fourth-order valence-electron chi connectivity index (χ4n) is 3.41. The fraction of sp³-hybridized carbons (Fsp3) is 0.526. The first-order valence-corrected chi connectivity index (χ1v) is 9.18. The summed E-state index contributed by atoms with van der Waals surface area (Å²) in [4.78, 5) is 7.50. The van der Waals surface area contributed by atoms with Crippen LogP contribution in [0, 0.1) is 27.7 Å². The topological polar surface area (TPSA) is 16.1 Å². The van der Waals surface area contributed by atoms with Crippen molar-refractivity contribution in [1.29, 1.82) is 0 Å². The minimum atomic E-state index is 1.02. The molecule has 3 heteroatoms. The average molecular weight is 314 g/mol. The quantitative estimate of drug-likeness (QED) is 0.790. The Morgan fingerprint density at radius 2 is 1.64 bits per heavy atom. The molecule has 0 bridgehead atoms. The standard InChI is InChI=1S/C19H26N2S/c1-13-10-14(2)16(4)19(15(13)3)17-12-22-18(20-17)11-21-8-6-5-7-9-21/h10,12H,5-9,11H2,1-4H3. The van der Waals surface area contributed by atoms with E-state index in [1.165, 1.54) is 70.9 Å². The van der Waals surface area contributed by atoms with Gasteiger partial charge in [-0.2, -0.15) is 0 Å². The molecule has 2 aromatic rings. The van der Waals surface area contributed by atoms with Gasteiger partial charge in [-0.15, -0.1) is 11.3 Å². The van der Waals surface area contributed by atoms with E-state index in [4.69, 9.17) is 4.98 Å². The van der Waals surface area contributed by atoms with E-state index in [0.717, 1.165) is 6.54 Å². The highest BCUT2D eigenvalue weighted by atomic mass is 32.1. The molecule has 0 aliphatic carbocycles. The Morgan fingerprint density at radius 3 is 2.27 bits per heavy atom. The molecule has 1 fully saturated rings. The number of hydrogen-bond acceptors (Lipinski definition) is 3. The van der Waals surface area contributed by atoms with E-state index >= 15 is 0 Å². The third-order valence-electron chi connectivity index (χ3n) is 4.98. The van der Waals surface area contributed by atoms with Crippen molar-refractivity contribution in [2.45, 2.75) is 53.5 Å². The van der Waals surface area contributed by atoms with E-state index in [9.17, 15) is 0 Å². The average Bonchev–Trinajstić information content (AvgIpc) is 2.95. The van der Waals surface area contributed by atoms with Crippen LogP contribution in [0.1, 0.15) is 46.5 Å². The first kappa shape index (κ1) is 15.7. The van der Waals surface area contributed by atoms with Crippen LogP contribution in [0.15, 0.2) is 11.4 Å². The second-order valence-electron chi connectivity index (χ2n) is 6.60. The molecule has 0 unspecified atom stereocenters. The van der Waals surface area contributed by atoms with E-state index in [-0.39, 0.29) is 0 Å². The predicted octanol–water partition coefficient (Wildman–Crippen LogP) is 5.03. The third-order valence-corrected chi connectivity index (χ3v) is 5.82. The first-order chi connectivity index (χ1) is 10.6. The molecule has 1 aliphatic rings. The Bertz CT molecular complexity index is 640. The van der Waals surface area contributed by atoms with E-state index < -0.39 is 0 Å². The number of rotatable bonds is 3. The van der Waals surface area contributed by atoms with Crippen LogP contribution in [0.4, 0.5) is 0 Å². The summed E-state index contributed by atoms with van der Waals surface area (Å²) in [5, 5.41) is 3.50. The number of nitrogens with zero attached hydrogens (tertiary/aromatic N) is 2. The molecule has 0 spiro atoms. The largest absolute Gasteiger partial charge is 0.297 e. The normalized spacial score (nSPS) is 16.2. The van der Waals surface area contributed by atoms with Crippen LogP contribution in [0.3, 0.4) is 0 Å². The molecule has 22 heavy (non-hydrogen) atoms. The summed E-state index contributed by atoms with van der Waals surface area (Å²) in [7, 11) is 0. The van der Waals surface area contributed by atoms with Crippen molar-refractivity contribution in [3.05, 3.63) is 38.7 Å². The van der Waals surface area contributed by atoms with Gasteiger partial charge in [0.25, 0.3) is 0 Å². The van der Waals surface area contributed by atoms with Gasteiger partial charge in [-0.05, 0) is 75.9 Å². The maximum absolute atomic E-state index is 4.96. The van der Waals surface area contributed by atoms with Gasteiger partial charge in [0.05, 0.1) is 12.2 Å². The summed E-state index contributed by atoms with van der Waals surface area (Å²) < 4.78 is 0. The molecule has 118 valence electrons. The monoisotopic (exact) mass is 314 g/mol. The number of piperidine rings is 1. The van der Waals surface area contributed by atoms with Gasteiger partial charge in [0.15, 0.2) is 0 Å². The van der Waals surface area contributed by atoms with Crippen LogP contribution in [-0.2, 0) is 6.54 Å². The summed E-state index contributed by atoms with van der Waals surface area (Å²) in [5.74, 6) is 0. The van der Waals surface area contributed by atoms with Gasteiger partial charge in [-0.1, -0.05) is 12.5 Å². The molecule has 3 rings (SSSR count). The van der Waals surface area contributed by atoms with E-state index in [1.807, 2.05) is 11.3 Å². The minimum Gasteiger partial charge on any atom is -0.297 e. The number of benzene rings is 1. The summed E-state index contributed by atoms with van der Waals surface area (Å²) in [5.41, 5.74) is 7.99. The molecule has 1 aromatic carbocycles. The molecule has 0 atom stereocenters. The van der Waals surface area contributed by atoms with Crippen molar-refractivity contribution < 1.29 is 0 Å². The molecular formula is C19H26N2S. The van der Waals surface area contributed by atoms with Crippen molar-refractivity contribution in [2.24, 2.45) is 0 Å². The molecule has 0 N–H and O–H groups in total. The molecule has 2 nitrogen and oxygen atoms in total. The Balaban J connectivity index is 1.87. The van der Waals surface area contributed by atoms with Crippen molar-refractivity contribution >= 4 is 11.3 Å². The molecule has 0 radical (unpaired) electrons. The smallest absolute Gasteiger partial charge is 0.107 e. The lowest BCUT2D eigenvalue weighted by atomic mass is 9.93. The Labute approximate surface area is 138 Å². The second-order valence-corrected chi connectivity index (χ2v) is 7.54. The van der Waals surface area contributed by atoms with Crippen LogP contribution in [-0.4, -0.2) is 23.0 Å². The molecule has 1 saturated heterocycles. The summed E-state index contributed by atoms with van der Waals surface area (Å²) >= 11 is 1.81. The molecule has 2 heterocycles. The lowest BCUT2D eigenvalue weighted by Crippen LogP contribution is -2.28. The summed E-state index contributed by atoms with van der Waals surface area (Å²) in [6.07, 6.45) is 4.07. The van der Waals surface area contributed by atoms with Crippen LogP contribution in [0.25, 0.3) is 11.3 Å². The highest BCUT2D eigenvalue weighted by Gasteiger charge is 2.16. The zero-order valence-corrected chi connectivity index (χ0v) is 15.0. The number of thiazole rings is 1. The summed E-state index contributed by atoms with van der Waals surface area (Å²) in [6.45, 7) is 12.3. The second kappa shape index (κ2) is 6.51. The van der Waals surface area contributed by atoms with Crippen LogP contribution in [0.5, 0.6) is 0 Å². The number of aromatic nitrogens is 1. The summed E-state index contributed by atoms with van der Waals surface area (Å²) in [6, 6.07) is 2.29. The van der Waals surface area contributed by atoms with Gasteiger partial charge in [0, 0.05) is 10.9 Å². The van der Waals surface area contributed by atoms with Crippen LogP contribution in [0.2, 0.25) is 0 Å². The maximum Gasteiger partial charge on any atom is 0.107 e. The molecule has 0 amide bonds. The zero-order chi connectivity index (χ0) is 15.7. The first-order valence-electron chi connectivity index (χ1n) is 8.31. The maximum atomic E-state index is 4.96. The third kappa shape index (κ3) is 3.11. The Kier molecular flexibility index (Phi) is 4.65. The van der Waals surface area contributed by atoms with Crippen molar-refractivity contribution in [1.82, 2.24) is 9.88 Å². The van der Waals surface area contributed by atoms with Crippen molar-refractivity contribution in [2.75, 3.05) is 13.1 Å². The highest BCUT2D eigenvalue weighted by molar-refractivity contribution is 7.09. The van der Waals surface area contributed by atoms with Gasteiger partial charge >= 0.3 is 0 Å². The zero-order valence-electron chi connectivity index (χ0n) is 14.2. The molecule has 0 saturated carbocycles. The van der Waals surface area contributed by atoms with E-state index in [2.05, 4.69) is 44.0 Å². The van der Waals surface area contributed by atoms with Crippen LogP contribution >= 0.6 is 11.3 Å².